The largest absolute Gasteiger partial charge is 0.496 e. The molecule has 0 radical (unpaired) electrons. The number of nitrogens with one attached hydrogen (secondary N) is 2. The summed E-state index contributed by atoms with van der Waals surface area (Å²) in [6.07, 6.45) is 0.625. The fraction of sp³-hybridized carbons (Fsp3) is 0.148. The van der Waals surface area contributed by atoms with E-state index in [0.717, 1.165) is 27.4 Å². The van der Waals surface area contributed by atoms with Gasteiger partial charge in [-0.25, -0.2) is 14.6 Å². The number of urea groups is 1. The molecule has 36 heavy (non-hydrogen) atoms. The number of aromatic carboxylic acids is 1. The van der Waals surface area contributed by atoms with Crippen LogP contribution >= 0.6 is 11.3 Å². The van der Waals surface area contributed by atoms with Gasteiger partial charge in [0.15, 0.2) is 0 Å². The predicted molar refractivity (Wildman–Crippen MR) is 139 cm³/mol. The number of carbonyl (C=O) groups excluding carboxylic acids is 1. The summed E-state index contributed by atoms with van der Waals surface area (Å²) in [5, 5.41) is 17.5. The Bertz CT molecular complexity index is 1370. The highest BCUT2D eigenvalue weighted by Gasteiger charge is 2.11. The lowest BCUT2D eigenvalue weighted by molar-refractivity contribution is 0.0696. The highest BCUT2D eigenvalue weighted by atomic mass is 32.1. The first kappa shape index (κ1) is 24.7. The topological polar surface area (TPSA) is 110 Å². The van der Waals surface area contributed by atoms with E-state index in [4.69, 9.17) is 14.6 Å². The fourth-order valence-electron chi connectivity index (χ4n) is 3.47. The number of para-hydroxylation sites is 1. The number of hydrogen-bond donors (Lipinski definition) is 3. The molecule has 0 spiro atoms. The minimum atomic E-state index is -1.01. The van der Waals surface area contributed by atoms with Crippen LogP contribution in [0.15, 0.2) is 72.1 Å². The zero-order valence-electron chi connectivity index (χ0n) is 19.8. The monoisotopic (exact) mass is 503 g/mol. The second kappa shape index (κ2) is 11.4. The van der Waals surface area contributed by atoms with Crippen molar-refractivity contribution in [2.75, 3.05) is 17.7 Å². The Kier molecular flexibility index (Phi) is 7.82. The molecule has 8 nitrogen and oxygen atoms in total. The SMILES string of the molecule is COc1cc(C(=O)O)ccc1COc1csc(Cc2ccc(NC(=O)Nc3ccccc3C)cc2)n1. The molecule has 0 bridgehead atoms. The fourth-order valence-corrected chi connectivity index (χ4v) is 4.22. The van der Waals surface area contributed by atoms with E-state index >= 15 is 0 Å². The van der Waals surface area contributed by atoms with Crippen LogP contribution < -0.4 is 20.1 Å². The number of thiazole rings is 1. The maximum absolute atomic E-state index is 12.3. The summed E-state index contributed by atoms with van der Waals surface area (Å²) < 4.78 is 11.1. The van der Waals surface area contributed by atoms with Gasteiger partial charge in [-0.15, -0.1) is 11.3 Å². The first-order valence-corrected chi connectivity index (χ1v) is 12.0. The molecule has 0 saturated heterocycles. The van der Waals surface area contributed by atoms with Crippen molar-refractivity contribution in [3.63, 3.8) is 0 Å². The summed E-state index contributed by atoms with van der Waals surface area (Å²) in [7, 11) is 1.49. The van der Waals surface area contributed by atoms with Crippen molar-refractivity contribution >= 4 is 34.7 Å². The zero-order valence-corrected chi connectivity index (χ0v) is 20.6. The lowest BCUT2D eigenvalue weighted by Crippen LogP contribution is -2.19. The van der Waals surface area contributed by atoms with E-state index in [1.807, 2.05) is 60.8 Å². The summed E-state index contributed by atoms with van der Waals surface area (Å²) in [6.45, 7) is 2.14. The third-order valence-corrected chi connectivity index (χ3v) is 6.23. The molecule has 0 aliphatic carbocycles. The molecule has 3 aromatic carbocycles. The summed E-state index contributed by atoms with van der Waals surface area (Å²) in [5.41, 5.74) is 4.38. The smallest absolute Gasteiger partial charge is 0.335 e. The van der Waals surface area contributed by atoms with Gasteiger partial charge < -0.3 is 25.2 Å². The van der Waals surface area contributed by atoms with Crippen LogP contribution in [0, 0.1) is 6.92 Å². The highest BCUT2D eigenvalue weighted by Crippen LogP contribution is 2.25. The number of rotatable bonds is 9. The van der Waals surface area contributed by atoms with E-state index in [2.05, 4.69) is 15.6 Å². The van der Waals surface area contributed by atoms with Gasteiger partial charge in [-0.2, -0.15) is 0 Å². The number of methoxy groups -OCH3 is 1. The number of aryl methyl sites for hydroxylation is 1. The van der Waals surface area contributed by atoms with Crippen LogP contribution in [0.25, 0.3) is 0 Å². The van der Waals surface area contributed by atoms with Crippen molar-refractivity contribution in [2.45, 2.75) is 20.0 Å². The highest BCUT2D eigenvalue weighted by molar-refractivity contribution is 7.09. The van der Waals surface area contributed by atoms with Crippen molar-refractivity contribution in [1.29, 1.82) is 0 Å². The van der Waals surface area contributed by atoms with Gasteiger partial charge in [0.25, 0.3) is 0 Å². The first-order valence-electron chi connectivity index (χ1n) is 11.1. The third kappa shape index (κ3) is 6.39. The number of nitrogens with zero attached hydrogens (tertiary/aromatic N) is 1. The van der Waals surface area contributed by atoms with Gasteiger partial charge >= 0.3 is 12.0 Å². The maximum atomic E-state index is 12.3. The summed E-state index contributed by atoms with van der Waals surface area (Å²) in [4.78, 5) is 28.0. The molecule has 1 heterocycles. The van der Waals surface area contributed by atoms with Gasteiger partial charge in [0.05, 0.1) is 18.1 Å². The van der Waals surface area contributed by atoms with Gasteiger partial charge in [-0.1, -0.05) is 36.4 Å². The summed E-state index contributed by atoms with van der Waals surface area (Å²) in [6, 6.07) is 19.6. The van der Waals surface area contributed by atoms with Crippen molar-refractivity contribution < 1.29 is 24.2 Å². The molecule has 4 rings (SSSR count). The van der Waals surface area contributed by atoms with Crippen LogP contribution in [-0.2, 0) is 13.0 Å². The van der Waals surface area contributed by atoms with Crippen LogP contribution in [0.1, 0.15) is 32.1 Å². The number of carbonyl (C=O) groups is 2. The van der Waals surface area contributed by atoms with Crippen molar-refractivity contribution in [3.8, 4) is 11.6 Å². The maximum Gasteiger partial charge on any atom is 0.335 e. The number of ether oxygens (including phenoxy) is 2. The molecule has 0 aliphatic rings. The van der Waals surface area contributed by atoms with Gasteiger partial charge in [-0.05, 0) is 48.4 Å². The van der Waals surface area contributed by atoms with Crippen molar-refractivity contribution in [1.82, 2.24) is 4.98 Å². The second-order valence-corrected chi connectivity index (χ2v) is 8.91. The van der Waals surface area contributed by atoms with Gasteiger partial charge in [0.2, 0.25) is 5.88 Å². The lowest BCUT2D eigenvalue weighted by Gasteiger charge is -2.10. The zero-order chi connectivity index (χ0) is 25.5. The molecule has 0 unspecified atom stereocenters. The summed E-state index contributed by atoms with van der Waals surface area (Å²) in [5.74, 6) is -0.0728. The number of carboxylic acid groups (broad SMARTS) is 1. The second-order valence-electron chi connectivity index (χ2n) is 7.97. The molecule has 0 aliphatic heterocycles. The minimum Gasteiger partial charge on any atom is -0.496 e. The van der Waals surface area contributed by atoms with Gasteiger partial charge in [0, 0.05) is 23.4 Å². The number of benzene rings is 3. The van der Waals surface area contributed by atoms with E-state index in [-0.39, 0.29) is 18.2 Å². The van der Waals surface area contributed by atoms with Crippen molar-refractivity contribution in [2.24, 2.45) is 0 Å². The Morgan fingerprint density at radius 2 is 1.81 bits per heavy atom. The average molecular weight is 504 g/mol. The molecule has 1 aromatic heterocycles. The Morgan fingerprint density at radius 3 is 2.53 bits per heavy atom. The number of amides is 2. The number of hydrogen-bond acceptors (Lipinski definition) is 6. The molecular weight excluding hydrogens is 478 g/mol. The third-order valence-electron chi connectivity index (χ3n) is 5.40. The van der Waals surface area contributed by atoms with Crippen molar-refractivity contribution in [3.05, 3.63) is 99.4 Å². The number of carboxylic acids is 1. The average Bonchev–Trinajstić information content (AvgIpc) is 3.32. The number of aromatic nitrogens is 1. The van der Waals surface area contributed by atoms with Crippen LogP contribution in [0.2, 0.25) is 0 Å². The normalized spacial score (nSPS) is 10.5. The van der Waals surface area contributed by atoms with Crippen LogP contribution in [-0.4, -0.2) is 29.2 Å². The standard InChI is InChI=1S/C27H25N3O5S/c1-17-5-3-4-6-22(17)29-27(33)28-21-11-7-18(8-12-21)13-25-30-24(16-36-25)35-15-20-10-9-19(26(31)32)14-23(20)34-2/h3-12,14,16H,13,15H2,1-2H3,(H,31,32)(H2,28,29,33). The van der Waals surface area contributed by atoms with Gasteiger partial charge in [0.1, 0.15) is 17.4 Å². The molecule has 9 heteroatoms. The molecule has 2 amide bonds. The lowest BCUT2D eigenvalue weighted by atomic mass is 10.1. The molecule has 0 saturated carbocycles. The predicted octanol–water partition coefficient (Wildman–Crippen LogP) is 5.97. The molecule has 184 valence electrons. The van der Waals surface area contributed by atoms with Crippen LogP contribution in [0.4, 0.5) is 16.2 Å². The molecule has 0 fully saturated rings. The van der Waals surface area contributed by atoms with E-state index in [0.29, 0.717) is 23.7 Å². The van der Waals surface area contributed by atoms with E-state index in [1.54, 1.807) is 6.07 Å². The van der Waals surface area contributed by atoms with E-state index in [9.17, 15) is 9.59 Å². The summed E-state index contributed by atoms with van der Waals surface area (Å²) >= 11 is 1.49. The molecule has 4 aromatic rings. The van der Waals surface area contributed by atoms with E-state index < -0.39 is 5.97 Å². The van der Waals surface area contributed by atoms with Crippen LogP contribution in [0.5, 0.6) is 11.6 Å². The van der Waals surface area contributed by atoms with Crippen LogP contribution in [0.3, 0.4) is 0 Å². The van der Waals surface area contributed by atoms with Gasteiger partial charge in [-0.3, -0.25) is 0 Å². The Balaban J connectivity index is 1.30. The Morgan fingerprint density at radius 1 is 1.03 bits per heavy atom. The number of anilines is 2. The minimum absolute atomic E-state index is 0.152. The Labute approximate surface area is 212 Å². The first-order chi connectivity index (χ1) is 17.4. The quantitative estimate of drug-likeness (QED) is 0.260. The van der Waals surface area contributed by atoms with E-state index in [1.165, 1.54) is 30.6 Å². The Hall–Kier alpha value is -4.37. The molecular formula is C27H25N3O5S. The molecule has 3 N–H and O–H groups in total. The molecule has 0 atom stereocenters.